The Morgan fingerprint density at radius 3 is 2.76 bits per heavy atom. The second-order valence-electron chi connectivity index (χ2n) is 4.09. The number of carbonyl (C=O) groups excluding carboxylic acids is 1. The molecule has 0 bridgehead atoms. The van der Waals surface area contributed by atoms with Gasteiger partial charge in [0.15, 0.2) is 0 Å². The van der Waals surface area contributed by atoms with Crippen molar-refractivity contribution in [1.29, 1.82) is 0 Å². The summed E-state index contributed by atoms with van der Waals surface area (Å²) in [6.07, 6.45) is 4.11. The monoisotopic (exact) mass is 237 g/mol. The molecule has 1 aromatic rings. The van der Waals surface area contributed by atoms with Crippen LogP contribution >= 0.6 is 0 Å². The summed E-state index contributed by atoms with van der Waals surface area (Å²) in [5.41, 5.74) is 0.752. The number of carbonyl (C=O) groups is 1. The molecule has 1 amide bonds. The molecule has 0 saturated carbocycles. The first-order valence-corrected chi connectivity index (χ1v) is 6.43. The van der Waals surface area contributed by atoms with E-state index >= 15 is 0 Å². The Kier molecular flexibility index (Phi) is 6.40. The summed E-state index contributed by atoms with van der Waals surface area (Å²) in [5, 5.41) is 6.17. The van der Waals surface area contributed by atoms with E-state index in [9.17, 15) is 4.79 Å². The van der Waals surface area contributed by atoms with Crippen molar-refractivity contribution < 1.29 is 4.79 Å². The number of aryl methyl sites for hydroxylation is 1. The van der Waals surface area contributed by atoms with Gasteiger partial charge >= 0.3 is 0 Å². The van der Waals surface area contributed by atoms with Crippen LogP contribution in [0.4, 0.5) is 0 Å². The van der Waals surface area contributed by atoms with Gasteiger partial charge in [0.1, 0.15) is 5.69 Å². The van der Waals surface area contributed by atoms with Gasteiger partial charge in [0.25, 0.3) is 5.91 Å². The highest BCUT2D eigenvalue weighted by Gasteiger charge is 2.08. The van der Waals surface area contributed by atoms with E-state index in [2.05, 4.69) is 24.5 Å². The zero-order valence-corrected chi connectivity index (χ0v) is 10.8. The van der Waals surface area contributed by atoms with Crippen molar-refractivity contribution >= 4 is 5.91 Å². The number of hydrogen-bond acceptors (Lipinski definition) is 2. The molecule has 4 nitrogen and oxygen atoms in total. The Labute approximate surface area is 103 Å². The van der Waals surface area contributed by atoms with Gasteiger partial charge in [-0.2, -0.15) is 0 Å². The molecule has 0 atom stereocenters. The maximum atomic E-state index is 11.9. The molecule has 96 valence electrons. The van der Waals surface area contributed by atoms with E-state index in [-0.39, 0.29) is 5.91 Å². The van der Waals surface area contributed by atoms with Gasteiger partial charge < -0.3 is 15.2 Å². The maximum absolute atomic E-state index is 11.9. The van der Waals surface area contributed by atoms with Crippen LogP contribution in [0.25, 0.3) is 0 Å². The van der Waals surface area contributed by atoms with Gasteiger partial charge in [0.2, 0.25) is 0 Å². The van der Waals surface area contributed by atoms with E-state index in [0.29, 0.717) is 6.54 Å². The summed E-state index contributed by atoms with van der Waals surface area (Å²) >= 11 is 0. The van der Waals surface area contributed by atoms with Crippen LogP contribution in [0.2, 0.25) is 0 Å². The lowest BCUT2D eigenvalue weighted by atomic mass is 10.3. The Morgan fingerprint density at radius 1 is 1.24 bits per heavy atom. The van der Waals surface area contributed by atoms with Crippen molar-refractivity contribution in [2.75, 3.05) is 19.6 Å². The van der Waals surface area contributed by atoms with Crippen molar-refractivity contribution in [3.8, 4) is 0 Å². The normalized spacial score (nSPS) is 10.5. The van der Waals surface area contributed by atoms with E-state index in [0.717, 1.165) is 38.2 Å². The average Bonchev–Trinajstić information content (AvgIpc) is 2.77. The molecule has 4 heteroatoms. The maximum Gasteiger partial charge on any atom is 0.267 e. The van der Waals surface area contributed by atoms with Gasteiger partial charge in [0.05, 0.1) is 0 Å². The quantitative estimate of drug-likeness (QED) is 0.675. The highest BCUT2D eigenvalue weighted by Crippen LogP contribution is 2.03. The summed E-state index contributed by atoms with van der Waals surface area (Å²) < 4.78 is 1.99. The van der Waals surface area contributed by atoms with E-state index in [1.165, 1.54) is 0 Å². The van der Waals surface area contributed by atoms with Gasteiger partial charge in [-0.25, -0.2) is 0 Å². The van der Waals surface area contributed by atoms with Gasteiger partial charge in [-0.1, -0.05) is 13.8 Å². The minimum atomic E-state index is 0.0155. The average molecular weight is 237 g/mol. The Hall–Kier alpha value is -1.29. The summed E-state index contributed by atoms with van der Waals surface area (Å²) in [5.74, 6) is 0.0155. The smallest absolute Gasteiger partial charge is 0.267 e. The molecule has 0 aliphatic rings. The molecule has 0 aliphatic heterocycles. The van der Waals surface area contributed by atoms with Crippen molar-refractivity contribution in [3.63, 3.8) is 0 Å². The third kappa shape index (κ3) is 4.61. The first kappa shape index (κ1) is 13.8. The Balaban J connectivity index is 2.33. The molecule has 0 fully saturated rings. The molecule has 1 rings (SSSR count). The highest BCUT2D eigenvalue weighted by atomic mass is 16.1. The van der Waals surface area contributed by atoms with Gasteiger partial charge in [-0.3, -0.25) is 4.79 Å². The van der Waals surface area contributed by atoms with Crippen LogP contribution in [0, 0.1) is 0 Å². The molecule has 0 radical (unpaired) electrons. The Morgan fingerprint density at radius 2 is 2.06 bits per heavy atom. The third-order valence-corrected chi connectivity index (χ3v) is 2.54. The number of hydrogen-bond donors (Lipinski definition) is 2. The highest BCUT2D eigenvalue weighted by molar-refractivity contribution is 5.92. The summed E-state index contributed by atoms with van der Waals surface area (Å²) in [4.78, 5) is 11.9. The minimum absolute atomic E-state index is 0.0155. The van der Waals surface area contributed by atoms with E-state index in [1.807, 2.05) is 22.9 Å². The van der Waals surface area contributed by atoms with E-state index in [1.54, 1.807) is 0 Å². The molecule has 0 aliphatic carbocycles. The number of nitrogens with one attached hydrogen (secondary N) is 2. The molecule has 17 heavy (non-hydrogen) atoms. The third-order valence-electron chi connectivity index (χ3n) is 2.54. The second-order valence-corrected chi connectivity index (χ2v) is 4.09. The number of aromatic nitrogens is 1. The molecule has 0 spiro atoms. The molecule has 0 unspecified atom stereocenters. The van der Waals surface area contributed by atoms with Crippen molar-refractivity contribution in [3.05, 3.63) is 24.0 Å². The first-order chi connectivity index (χ1) is 8.29. The van der Waals surface area contributed by atoms with Crippen LogP contribution in [-0.4, -0.2) is 30.1 Å². The van der Waals surface area contributed by atoms with Crippen LogP contribution < -0.4 is 10.6 Å². The van der Waals surface area contributed by atoms with Gasteiger partial charge in [-0.15, -0.1) is 0 Å². The van der Waals surface area contributed by atoms with Crippen molar-refractivity contribution in [2.24, 2.45) is 0 Å². The van der Waals surface area contributed by atoms with Crippen LogP contribution in [0.3, 0.4) is 0 Å². The Bertz CT molecular complexity index is 333. The fourth-order valence-electron chi connectivity index (χ4n) is 1.71. The van der Waals surface area contributed by atoms with Gasteiger partial charge in [-0.05, 0) is 31.5 Å². The van der Waals surface area contributed by atoms with Crippen LogP contribution in [0.5, 0.6) is 0 Å². The molecule has 1 heterocycles. The number of nitrogens with zero attached hydrogens (tertiary/aromatic N) is 1. The van der Waals surface area contributed by atoms with E-state index < -0.39 is 0 Å². The van der Waals surface area contributed by atoms with Crippen molar-refractivity contribution in [1.82, 2.24) is 15.2 Å². The summed E-state index contributed by atoms with van der Waals surface area (Å²) in [7, 11) is 0. The van der Waals surface area contributed by atoms with Crippen molar-refractivity contribution in [2.45, 2.75) is 33.2 Å². The molecule has 0 aromatic carbocycles. The predicted molar refractivity (Wildman–Crippen MR) is 70.2 cm³/mol. The van der Waals surface area contributed by atoms with Crippen LogP contribution in [-0.2, 0) is 6.54 Å². The molecular weight excluding hydrogens is 214 g/mol. The first-order valence-electron chi connectivity index (χ1n) is 6.43. The second kappa shape index (κ2) is 7.90. The standard InChI is InChI=1S/C13H23N3O/c1-3-7-14-8-9-15-13(17)12-6-5-11-16(12)10-4-2/h5-6,11,14H,3-4,7-10H2,1-2H3,(H,15,17). The van der Waals surface area contributed by atoms with E-state index in [4.69, 9.17) is 0 Å². The number of rotatable bonds is 8. The molecule has 0 saturated heterocycles. The van der Waals surface area contributed by atoms with Gasteiger partial charge in [0, 0.05) is 25.8 Å². The fourth-order valence-corrected chi connectivity index (χ4v) is 1.71. The molecular formula is C13H23N3O. The molecule has 2 N–H and O–H groups in total. The zero-order valence-electron chi connectivity index (χ0n) is 10.8. The summed E-state index contributed by atoms with van der Waals surface area (Å²) in [6, 6.07) is 3.78. The zero-order chi connectivity index (χ0) is 12.5. The largest absolute Gasteiger partial charge is 0.349 e. The lowest BCUT2D eigenvalue weighted by Gasteiger charge is -2.09. The lowest BCUT2D eigenvalue weighted by molar-refractivity contribution is 0.0944. The SMILES string of the molecule is CCCNCCNC(=O)c1cccn1CCC. The molecule has 1 aromatic heterocycles. The lowest BCUT2D eigenvalue weighted by Crippen LogP contribution is -2.33. The van der Waals surface area contributed by atoms with Crippen LogP contribution in [0.1, 0.15) is 37.2 Å². The topological polar surface area (TPSA) is 46.1 Å². The summed E-state index contributed by atoms with van der Waals surface area (Å²) in [6.45, 7) is 7.63. The number of amides is 1. The minimum Gasteiger partial charge on any atom is -0.349 e. The fraction of sp³-hybridized carbons (Fsp3) is 0.615. The van der Waals surface area contributed by atoms with Crippen LogP contribution in [0.15, 0.2) is 18.3 Å². The predicted octanol–water partition coefficient (Wildman–Crippen LogP) is 1.63.